The van der Waals surface area contributed by atoms with Gasteiger partial charge < -0.3 is 0 Å². The Balaban J connectivity index is 4.36. The molecule has 0 aliphatic heterocycles. The van der Waals surface area contributed by atoms with E-state index in [2.05, 4.69) is 0 Å². The van der Waals surface area contributed by atoms with E-state index in [9.17, 15) is 26.4 Å². The van der Waals surface area contributed by atoms with Gasteiger partial charge in [-0.1, -0.05) is 0 Å². The zero-order valence-corrected chi connectivity index (χ0v) is 6.79. The second-order valence-corrected chi connectivity index (χ2v) is 3.75. The quantitative estimate of drug-likeness (QED) is 0.690. The summed E-state index contributed by atoms with van der Waals surface area (Å²) in [5, 5.41) is 0. The SMILES string of the molecule is CC(=O)NS(=O)(=O)CC(F)(F)F. The van der Waals surface area contributed by atoms with E-state index < -0.39 is 27.9 Å². The Kier molecular flexibility index (Phi) is 3.08. The lowest BCUT2D eigenvalue weighted by Gasteiger charge is -2.06. The fourth-order valence-corrected chi connectivity index (χ4v) is 1.41. The number of nitrogens with one attached hydrogen (secondary N) is 1. The van der Waals surface area contributed by atoms with E-state index in [1.807, 2.05) is 0 Å². The summed E-state index contributed by atoms with van der Waals surface area (Å²) in [6.07, 6.45) is -4.83. The maximum Gasteiger partial charge on any atom is 0.404 e. The van der Waals surface area contributed by atoms with Gasteiger partial charge in [-0.3, -0.25) is 9.52 Å². The zero-order chi connectivity index (χ0) is 9.99. The van der Waals surface area contributed by atoms with Crippen LogP contribution in [-0.4, -0.2) is 26.3 Å². The van der Waals surface area contributed by atoms with Crippen LogP contribution in [0.2, 0.25) is 0 Å². The van der Waals surface area contributed by atoms with Gasteiger partial charge in [0.25, 0.3) is 0 Å². The van der Waals surface area contributed by atoms with Gasteiger partial charge in [-0.05, 0) is 0 Å². The Morgan fingerprint density at radius 2 is 1.83 bits per heavy atom. The summed E-state index contributed by atoms with van der Waals surface area (Å²) in [7, 11) is -4.56. The number of amides is 1. The van der Waals surface area contributed by atoms with Crippen molar-refractivity contribution in [3.63, 3.8) is 0 Å². The molecule has 0 radical (unpaired) electrons. The van der Waals surface area contributed by atoms with Crippen molar-refractivity contribution < 1.29 is 26.4 Å². The lowest BCUT2D eigenvalue weighted by molar-refractivity contribution is -0.117. The van der Waals surface area contributed by atoms with Crippen molar-refractivity contribution in [2.24, 2.45) is 0 Å². The van der Waals surface area contributed by atoms with Crippen LogP contribution in [0.5, 0.6) is 0 Å². The third-order valence-corrected chi connectivity index (χ3v) is 1.96. The molecule has 0 atom stereocenters. The van der Waals surface area contributed by atoms with Gasteiger partial charge in [0.2, 0.25) is 15.9 Å². The fourth-order valence-electron chi connectivity index (χ4n) is 0.471. The number of halogens is 3. The standard InChI is InChI=1S/C4H6F3NO3S/c1-3(9)8-12(10,11)2-4(5,6)7/h2H2,1H3,(H,8,9). The summed E-state index contributed by atoms with van der Waals surface area (Å²) >= 11 is 0. The van der Waals surface area contributed by atoms with E-state index in [0.717, 1.165) is 6.92 Å². The van der Waals surface area contributed by atoms with Crippen molar-refractivity contribution in [2.45, 2.75) is 13.1 Å². The van der Waals surface area contributed by atoms with Gasteiger partial charge in [-0.15, -0.1) is 0 Å². The van der Waals surface area contributed by atoms with E-state index in [-0.39, 0.29) is 0 Å². The van der Waals surface area contributed by atoms with E-state index >= 15 is 0 Å². The molecule has 0 aromatic heterocycles. The van der Waals surface area contributed by atoms with Crippen LogP contribution in [0.1, 0.15) is 6.92 Å². The van der Waals surface area contributed by atoms with Crippen molar-refractivity contribution in [2.75, 3.05) is 5.75 Å². The van der Waals surface area contributed by atoms with Crippen molar-refractivity contribution in [1.29, 1.82) is 0 Å². The molecule has 0 heterocycles. The van der Waals surface area contributed by atoms with Gasteiger partial charge in [-0.25, -0.2) is 8.42 Å². The maximum atomic E-state index is 11.5. The van der Waals surface area contributed by atoms with Gasteiger partial charge in [-0.2, -0.15) is 13.2 Å². The molecule has 1 N–H and O–H groups in total. The molecule has 0 spiro atoms. The minimum Gasteiger partial charge on any atom is -0.274 e. The molecule has 0 aliphatic rings. The Morgan fingerprint density at radius 3 is 2.08 bits per heavy atom. The minimum absolute atomic E-state index is 0.813. The van der Waals surface area contributed by atoms with Crippen molar-refractivity contribution >= 4 is 15.9 Å². The maximum absolute atomic E-state index is 11.5. The van der Waals surface area contributed by atoms with Crippen LogP contribution in [0.4, 0.5) is 13.2 Å². The summed E-state index contributed by atoms with van der Waals surface area (Å²) in [5.74, 6) is -3.08. The molecule has 72 valence electrons. The molecule has 0 aliphatic carbocycles. The lowest BCUT2D eigenvalue weighted by atomic mass is 10.8. The highest BCUT2D eigenvalue weighted by Gasteiger charge is 2.35. The number of hydrogen-bond donors (Lipinski definition) is 1. The second-order valence-electron chi connectivity index (χ2n) is 2.03. The predicted octanol–water partition coefficient (Wildman–Crippen LogP) is 0.0146. The highest BCUT2D eigenvalue weighted by Crippen LogP contribution is 2.16. The van der Waals surface area contributed by atoms with Crippen molar-refractivity contribution in [3.8, 4) is 0 Å². The van der Waals surface area contributed by atoms with Gasteiger partial charge >= 0.3 is 6.18 Å². The van der Waals surface area contributed by atoms with E-state index in [0.29, 0.717) is 0 Å². The van der Waals surface area contributed by atoms with E-state index in [1.54, 1.807) is 0 Å². The van der Waals surface area contributed by atoms with Gasteiger partial charge in [0.1, 0.15) is 0 Å². The third kappa shape index (κ3) is 5.96. The van der Waals surface area contributed by atoms with E-state index in [1.165, 1.54) is 4.72 Å². The summed E-state index contributed by atoms with van der Waals surface area (Å²) in [4.78, 5) is 10.1. The zero-order valence-electron chi connectivity index (χ0n) is 5.97. The molecule has 0 aromatic carbocycles. The summed E-state index contributed by atoms with van der Waals surface area (Å²) in [6.45, 7) is 0.813. The molecular formula is C4H6F3NO3S. The predicted molar refractivity (Wildman–Crippen MR) is 33.7 cm³/mol. The number of sulfonamides is 1. The molecule has 0 unspecified atom stereocenters. The highest BCUT2D eigenvalue weighted by molar-refractivity contribution is 7.90. The average molecular weight is 205 g/mol. The van der Waals surface area contributed by atoms with Gasteiger partial charge in [0.05, 0.1) is 0 Å². The molecule has 0 rings (SSSR count). The monoisotopic (exact) mass is 205 g/mol. The Morgan fingerprint density at radius 1 is 1.42 bits per heavy atom. The minimum atomic E-state index is -4.83. The molecule has 12 heavy (non-hydrogen) atoms. The fraction of sp³-hybridized carbons (Fsp3) is 0.750. The lowest BCUT2D eigenvalue weighted by Crippen LogP contribution is -2.36. The summed E-state index contributed by atoms with van der Waals surface area (Å²) in [5.41, 5.74) is 0. The van der Waals surface area contributed by atoms with Crippen molar-refractivity contribution in [1.82, 2.24) is 4.72 Å². The Labute approximate surface area is 66.8 Å². The molecule has 0 aromatic rings. The van der Waals surface area contributed by atoms with Crippen LogP contribution in [0.25, 0.3) is 0 Å². The van der Waals surface area contributed by atoms with Crippen LogP contribution in [0.3, 0.4) is 0 Å². The molecule has 0 saturated heterocycles. The number of carbonyl (C=O) groups excluding carboxylic acids is 1. The molecule has 8 heteroatoms. The van der Waals surface area contributed by atoms with Crippen molar-refractivity contribution in [3.05, 3.63) is 0 Å². The van der Waals surface area contributed by atoms with Crippen LogP contribution in [-0.2, 0) is 14.8 Å². The smallest absolute Gasteiger partial charge is 0.274 e. The summed E-state index contributed by atoms with van der Waals surface area (Å²) in [6, 6.07) is 0. The van der Waals surface area contributed by atoms with Crippen LogP contribution in [0, 0.1) is 0 Å². The first-order chi connectivity index (χ1) is 5.12. The number of carbonyl (C=O) groups is 1. The normalized spacial score (nSPS) is 12.7. The number of rotatable bonds is 2. The first kappa shape index (κ1) is 11.2. The molecule has 0 fully saturated rings. The highest BCUT2D eigenvalue weighted by atomic mass is 32.2. The molecule has 1 amide bonds. The van der Waals surface area contributed by atoms with Crippen LogP contribution < -0.4 is 4.72 Å². The molecule has 0 saturated carbocycles. The first-order valence-corrected chi connectivity index (χ1v) is 4.35. The first-order valence-electron chi connectivity index (χ1n) is 2.70. The molecule has 0 bridgehead atoms. The van der Waals surface area contributed by atoms with Crippen LogP contribution >= 0.6 is 0 Å². The Hall–Kier alpha value is -0.790. The topological polar surface area (TPSA) is 63.2 Å². The van der Waals surface area contributed by atoms with Gasteiger partial charge in [0.15, 0.2) is 5.75 Å². The van der Waals surface area contributed by atoms with Gasteiger partial charge in [0, 0.05) is 6.92 Å². The molecular weight excluding hydrogens is 199 g/mol. The molecule has 4 nitrogen and oxygen atoms in total. The average Bonchev–Trinajstić information content (AvgIpc) is 1.48. The number of alkyl halides is 3. The third-order valence-electron chi connectivity index (χ3n) is 0.653. The second kappa shape index (κ2) is 3.30. The number of hydrogen-bond acceptors (Lipinski definition) is 3. The largest absolute Gasteiger partial charge is 0.404 e. The van der Waals surface area contributed by atoms with Crippen LogP contribution in [0.15, 0.2) is 0 Å². The Bertz CT molecular complexity index is 268. The van der Waals surface area contributed by atoms with E-state index in [4.69, 9.17) is 0 Å². The summed E-state index contributed by atoms with van der Waals surface area (Å²) < 4.78 is 56.4.